The lowest BCUT2D eigenvalue weighted by molar-refractivity contribution is -0.115. The van der Waals surface area contributed by atoms with Gasteiger partial charge in [0.1, 0.15) is 0 Å². The molecule has 0 heterocycles. The Morgan fingerprint density at radius 3 is 2.80 bits per heavy atom. The molecule has 0 saturated heterocycles. The molecule has 0 bridgehead atoms. The quantitative estimate of drug-likeness (QED) is 0.759. The van der Waals surface area contributed by atoms with Crippen LogP contribution in [0, 0.1) is 6.92 Å². The molecule has 1 rings (SSSR count). The maximum Gasteiger partial charge on any atom is 0.238 e. The summed E-state index contributed by atoms with van der Waals surface area (Å²) in [6, 6.07) is 5.39. The Labute approximate surface area is 127 Å². The Morgan fingerprint density at radius 1 is 1.45 bits per heavy atom. The number of carbonyl (C=O) groups is 1. The van der Waals surface area contributed by atoms with Crippen LogP contribution in [0.1, 0.15) is 18.9 Å². The van der Waals surface area contributed by atoms with Crippen molar-refractivity contribution in [2.45, 2.75) is 25.5 Å². The zero-order chi connectivity index (χ0) is 15.1. The molecule has 4 nitrogen and oxygen atoms in total. The van der Waals surface area contributed by atoms with Crippen LogP contribution in [0.2, 0.25) is 5.02 Å². The van der Waals surface area contributed by atoms with Crippen LogP contribution < -0.4 is 10.6 Å². The maximum absolute atomic E-state index is 11.8. The predicted octanol–water partition coefficient (Wildman–Crippen LogP) is 2.33. The van der Waals surface area contributed by atoms with Crippen molar-refractivity contribution < 1.29 is 9.00 Å². The van der Waals surface area contributed by atoms with E-state index in [0.717, 1.165) is 17.7 Å². The van der Waals surface area contributed by atoms with E-state index >= 15 is 0 Å². The van der Waals surface area contributed by atoms with Gasteiger partial charge in [-0.05, 0) is 37.6 Å². The lowest BCUT2D eigenvalue weighted by Gasteiger charge is -2.11. The third-order valence-corrected chi connectivity index (χ3v) is 4.66. The van der Waals surface area contributed by atoms with E-state index in [2.05, 4.69) is 10.6 Å². The van der Waals surface area contributed by atoms with E-state index in [0.29, 0.717) is 11.6 Å². The number of hydrogen-bond donors (Lipinski definition) is 2. The topological polar surface area (TPSA) is 58.2 Å². The van der Waals surface area contributed by atoms with Gasteiger partial charge in [-0.25, -0.2) is 0 Å². The molecule has 0 saturated carbocycles. The van der Waals surface area contributed by atoms with E-state index in [-0.39, 0.29) is 17.7 Å². The lowest BCUT2D eigenvalue weighted by atomic mass is 10.2. The van der Waals surface area contributed by atoms with Gasteiger partial charge in [0.2, 0.25) is 5.91 Å². The van der Waals surface area contributed by atoms with E-state index in [9.17, 15) is 9.00 Å². The van der Waals surface area contributed by atoms with Crippen molar-refractivity contribution in [3.63, 3.8) is 0 Å². The molecule has 6 heteroatoms. The molecule has 1 amide bonds. The second kappa shape index (κ2) is 8.39. The summed E-state index contributed by atoms with van der Waals surface area (Å²) in [5.74, 6) is -0.111. The molecular formula is C14H21ClN2O2S. The number of hydrogen-bond acceptors (Lipinski definition) is 3. The van der Waals surface area contributed by atoms with Crippen LogP contribution >= 0.6 is 11.6 Å². The van der Waals surface area contributed by atoms with Crippen LogP contribution in [0.25, 0.3) is 0 Å². The normalized spacial score (nSPS) is 13.8. The molecule has 0 fully saturated rings. The highest BCUT2D eigenvalue weighted by Gasteiger charge is 2.07. The van der Waals surface area contributed by atoms with Gasteiger partial charge in [-0.2, -0.15) is 0 Å². The summed E-state index contributed by atoms with van der Waals surface area (Å²) in [6.07, 6.45) is 2.48. The molecule has 0 spiro atoms. The monoisotopic (exact) mass is 316 g/mol. The van der Waals surface area contributed by atoms with Crippen molar-refractivity contribution in [2.24, 2.45) is 0 Å². The summed E-state index contributed by atoms with van der Waals surface area (Å²) >= 11 is 5.90. The average Bonchev–Trinajstić information content (AvgIpc) is 2.38. The van der Waals surface area contributed by atoms with Crippen LogP contribution in [0.15, 0.2) is 18.2 Å². The minimum absolute atomic E-state index is 0.111. The van der Waals surface area contributed by atoms with E-state index in [1.807, 2.05) is 19.9 Å². The standard InChI is InChI=1S/C14H21ClN2O2S/c1-10-4-5-12(15)8-13(10)17-14(18)9-16-7-6-11(2)20(3)19/h4-5,8,11,16H,6-7,9H2,1-3H3,(H,17,18). The fourth-order valence-electron chi connectivity index (χ4n) is 1.60. The van der Waals surface area contributed by atoms with Gasteiger partial charge < -0.3 is 10.6 Å². The van der Waals surface area contributed by atoms with E-state index in [4.69, 9.17) is 11.6 Å². The average molecular weight is 317 g/mol. The summed E-state index contributed by atoms with van der Waals surface area (Å²) in [5, 5.41) is 6.60. The first-order valence-corrected chi connectivity index (χ1v) is 8.49. The highest BCUT2D eigenvalue weighted by atomic mass is 35.5. The number of aryl methyl sites for hydroxylation is 1. The lowest BCUT2D eigenvalue weighted by Crippen LogP contribution is -2.30. The van der Waals surface area contributed by atoms with Crippen LogP contribution in [-0.4, -0.2) is 34.7 Å². The van der Waals surface area contributed by atoms with Gasteiger partial charge >= 0.3 is 0 Å². The van der Waals surface area contributed by atoms with Crippen LogP contribution in [0.3, 0.4) is 0 Å². The van der Waals surface area contributed by atoms with Crippen molar-refractivity contribution in [1.29, 1.82) is 0 Å². The van der Waals surface area contributed by atoms with Crippen LogP contribution in [0.5, 0.6) is 0 Å². The highest BCUT2D eigenvalue weighted by molar-refractivity contribution is 7.84. The van der Waals surface area contributed by atoms with Gasteiger partial charge in [0.05, 0.1) is 6.54 Å². The predicted molar refractivity (Wildman–Crippen MR) is 85.8 cm³/mol. The molecule has 0 radical (unpaired) electrons. The van der Waals surface area contributed by atoms with Crippen molar-refractivity contribution in [2.75, 3.05) is 24.7 Å². The fraction of sp³-hybridized carbons (Fsp3) is 0.500. The Hall–Kier alpha value is -0.910. The van der Waals surface area contributed by atoms with Crippen molar-refractivity contribution in [3.05, 3.63) is 28.8 Å². The van der Waals surface area contributed by atoms with Crippen LogP contribution in [0.4, 0.5) is 5.69 Å². The zero-order valence-corrected chi connectivity index (χ0v) is 13.6. The summed E-state index contributed by atoms with van der Waals surface area (Å²) in [5.41, 5.74) is 1.70. The molecule has 1 aromatic rings. The third-order valence-electron chi connectivity index (χ3n) is 3.05. The first-order valence-electron chi connectivity index (χ1n) is 6.49. The molecule has 20 heavy (non-hydrogen) atoms. The minimum atomic E-state index is -0.817. The van der Waals surface area contributed by atoms with E-state index in [1.54, 1.807) is 18.4 Å². The summed E-state index contributed by atoms with van der Waals surface area (Å²) in [7, 11) is -0.817. The fourth-order valence-corrected chi connectivity index (χ4v) is 2.22. The van der Waals surface area contributed by atoms with Gasteiger partial charge in [0.25, 0.3) is 0 Å². The van der Waals surface area contributed by atoms with Crippen LogP contribution in [-0.2, 0) is 15.6 Å². The van der Waals surface area contributed by atoms with Gasteiger partial charge in [-0.1, -0.05) is 24.6 Å². The summed E-state index contributed by atoms with van der Waals surface area (Å²) in [4.78, 5) is 11.8. The second-order valence-electron chi connectivity index (χ2n) is 4.78. The first-order chi connectivity index (χ1) is 9.40. The number of carbonyl (C=O) groups excluding carboxylic acids is 1. The highest BCUT2D eigenvalue weighted by Crippen LogP contribution is 2.19. The van der Waals surface area contributed by atoms with E-state index in [1.165, 1.54) is 0 Å². The molecule has 0 aliphatic heterocycles. The molecule has 0 aromatic heterocycles. The molecule has 0 aliphatic rings. The van der Waals surface area contributed by atoms with Crippen molar-refractivity contribution in [3.8, 4) is 0 Å². The number of halogens is 1. The SMILES string of the molecule is Cc1ccc(Cl)cc1NC(=O)CNCCC(C)S(C)=O. The number of rotatable bonds is 7. The molecule has 1 aromatic carbocycles. The molecule has 2 atom stereocenters. The Morgan fingerprint density at radius 2 is 2.15 bits per heavy atom. The molecule has 0 aliphatic carbocycles. The van der Waals surface area contributed by atoms with Gasteiger partial charge in [0, 0.05) is 33.0 Å². The van der Waals surface area contributed by atoms with Crippen molar-refractivity contribution >= 4 is 34.0 Å². The number of amides is 1. The Balaban J connectivity index is 2.34. The minimum Gasteiger partial charge on any atom is -0.325 e. The third kappa shape index (κ3) is 6.03. The number of nitrogens with one attached hydrogen (secondary N) is 2. The summed E-state index contributed by atoms with van der Waals surface area (Å²) < 4.78 is 11.2. The Kier molecular flexibility index (Phi) is 7.19. The first kappa shape index (κ1) is 17.1. The van der Waals surface area contributed by atoms with Gasteiger partial charge in [-0.15, -0.1) is 0 Å². The van der Waals surface area contributed by atoms with Gasteiger partial charge in [-0.3, -0.25) is 9.00 Å². The maximum atomic E-state index is 11.8. The second-order valence-corrected chi connectivity index (χ2v) is 7.02. The smallest absolute Gasteiger partial charge is 0.238 e. The molecule has 2 unspecified atom stereocenters. The molecule has 112 valence electrons. The summed E-state index contributed by atoms with van der Waals surface area (Å²) in [6.45, 7) is 4.75. The zero-order valence-electron chi connectivity index (χ0n) is 12.0. The molecule has 2 N–H and O–H groups in total. The largest absolute Gasteiger partial charge is 0.325 e. The van der Waals surface area contributed by atoms with Crippen molar-refractivity contribution in [1.82, 2.24) is 5.32 Å². The number of benzene rings is 1. The molecular weight excluding hydrogens is 296 g/mol. The number of anilines is 1. The van der Waals surface area contributed by atoms with Gasteiger partial charge in [0.15, 0.2) is 0 Å². The van der Waals surface area contributed by atoms with E-state index < -0.39 is 10.8 Å². The Bertz CT molecular complexity index is 494.